The van der Waals surface area contributed by atoms with E-state index in [9.17, 15) is 9.59 Å². The molecule has 98 valence electrons. The van der Waals surface area contributed by atoms with Crippen LogP contribution in [0.15, 0.2) is 12.1 Å². The average molecular weight is 250 g/mol. The number of carbonyl (C=O) groups excluding carboxylic acids is 2. The van der Waals surface area contributed by atoms with Gasteiger partial charge in [-0.1, -0.05) is 6.92 Å². The highest BCUT2D eigenvalue weighted by Gasteiger charge is 2.07. The van der Waals surface area contributed by atoms with Gasteiger partial charge in [0.15, 0.2) is 0 Å². The number of aryl methyl sites for hydroxylation is 1. The largest absolute Gasteiger partial charge is 0.384 e. The van der Waals surface area contributed by atoms with E-state index in [0.29, 0.717) is 24.5 Å². The van der Waals surface area contributed by atoms with Gasteiger partial charge in [-0.05, 0) is 18.6 Å². The topological polar surface area (TPSA) is 97.1 Å². The first kappa shape index (κ1) is 14.0. The first-order chi connectivity index (χ1) is 8.52. The highest BCUT2D eigenvalue weighted by atomic mass is 16.2. The van der Waals surface area contributed by atoms with E-state index in [1.807, 2.05) is 6.92 Å². The number of hydrogen-bond acceptors (Lipinski definition) is 4. The number of amides is 2. The number of nitrogens with two attached hydrogens (primary N) is 1. The van der Waals surface area contributed by atoms with Crippen molar-refractivity contribution >= 4 is 17.6 Å². The van der Waals surface area contributed by atoms with Crippen LogP contribution < -0.4 is 16.4 Å². The Morgan fingerprint density at radius 3 is 2.56 bits per heavy atom. The van der Waals surface area contributed by atoms with E-state index in [1.165, 1.54) is 13.0 Å². The summed E-state index contributed by atoms with van der Waals surface area (Å²) in [5.74, 6) is -0.00353. The smallest absolute Gasteiger partial charge is 0.251 e. The van der Waals surface area contributed by atoms with Crippen LogP contribution in [0, 0.1) is 0 Å². The number of nitrogen functional groups attached to an aromatic ring is 1. The zero-order valence-corrected chi connectivity index (χ0v) is 10.6. The maximum atomic E-state index is 11.8. The highest BCUT2D eigenvalue weighted by Crippen LogP contribution is 2.08. The minimum absolute atomic E-state index is 0.120. The van der Waals surface area contributed by atoms with Crippen molar-refractivity contribution in [3.63, 3.8) is 0 Å². The summed E-state index contributed by atoms with van der Waals surface area (Å²) in [5.41, 5.74) is 6.89. The predicted molar refractivity (Wildman–Crippen MR) is 69.0 cm³/mol. The number of carbonyl (C=O) groups is 2. The summed E-state index contributed by atoms with van der Waals surface area (Å²) in [4.78, 5) is 26.5. The van der Waals surface area contributed by atoms with E-state index in [2.05, 4.69) is 15.6 Å². The lowest BCUT2D eigenvalue weighted by Gasteiger charge is -2.07. The van der Waals surface area contributed by atoms with Crippen LogP contribution >= 0.6 is 0 Å². The number of rotatable bonds is 5. The van der Waals surface area contributed by atoms with Crippen molar-refractivity contribution in [3.8, 4) is 0 Å². The third-order valence-corrected chi connectivity index (χ3v) is 2.31. The van der Waals surface area contributed by atoms with E-state index < -0.39 is 0 Å². The number of aromatic nitrogens is 1. The second kappa shape index (κ2) is 6.58. The molecule has 0 bridgehead atoms. The molecule has 0 unspecified atom stereocenters. The van der Waals surface area contributed by atoms with Crippen LogP contribution in [0.3, 0.4) is 0 Å². The minimum Gasteiger partial charge on any atom is -0.384 e. The Morgan fingerprint density at radius 1 is 1.28 bits per heavy atom. The molecule has 0 atom stereocenters. The van der Waals surface area contributed by atoms with Gasteiger partial charge < -0.3 is 16.4 Å². The molecule has 0 aliphatic rings. The molecule has 6 heteroatoms. The van der Waals surface area contributed by atoms with Crippen molar-refractivity contribution in [1.82, 2.24) is 15.6 Å². The van der Waals surface area contributed by atoms with Gasteiger partial charge in [-0.2, -0.15) is 0 Å². The van der Waals surface area contributed by atoms with Gasteiger partial charge in [-0.15, -0.1) is 0 Å². The number of nitrogens with zero attached hydrogens (tertiary/aromatic N) is 1. The molecule has 0 aliphatic heterocycles. The minimum atomic E-state index is -0.218. The fourth-order valence-corrected chi connectivity index (χ4v) is 1.44. The van der Waals surface area contributed by atoms with Gasteiger partial charge in [0.1, 0.15) is 5.82 Å². The molecule has 0 aromatic carbocycles. The Morgan fingerprint density at radius 2 is 1.94 bits per heavy atom. The number of hydrogen-bond donors (Lipinski definition) is 3. The lowest BCUT2D eigenvalue weighted by Crippen LogP contribution is -2.33. The molecule has 2 amide bonds. The highest BCUT2D eigenvalue weighted by molar-refractivity contribution is 5.94. The maximum Gasteiger partial charge on any atom is 0.251 e. The molecule has 0 saturated carbocycles. The van der Waals surface area contributed by atoms with Crippen LogP contribution in [0.2, 0.25) is 0 Å². The second-order valence-electron chi connectivity index (χ2n) is 3.86. The summed E-state index contributed by atoms with van der Waals surface area (Å²) in [7, 11) is 0. The summed E-state index contributed by atoms with van der Waals surface area (Å²) in [6, 6.07) is 3.25. The zero-order chi connectivity index (χ0) is 13.5. The Balaban J connectivity index is 2.55. The van der Waals surface area contributed by atoms with Gasteiger partial charge in [0.2, 0.25) is 5.91 Å². The molecule has 4 N–H and O–H groups in total. The molecule has 0 saturated heterocycles. The van der Waals surface area contributed by atoms with Crippen molar-refractivity contribution in [2.75, 3.05) is 18.8 Å². The van der Waals surface area contributed by atoms with Crippen LogP contribution in [0.5, 0.6) is 0 Å². The van der Waals surface area contributed by atoms with Crippen LogP contribution in [-0.2, 0) is 11.2 Å². The van der Waals surface area contributed by atoms with Gasteiger partial charge in [-0.3, -0.25) is 9.59 Å². The fraction of sp³-hybridized carbons (Fsp3) is 0.417. The Bertz CT molecular complexity index is 446. The Kier molecular flexibility index (Phi) is 5.10. The third-order valence-electron chi connectivity index (χ3n) is 2.31. The second-order valence-corrected chi connectivity index (χ2v) is 3.86. The summed E-state index contributed by atoms with van der Waals surface area (Å²) >= 11 is 0. The normalized spacial score (nSPS) is 9.89. The van der Waals surface area contributed by atoms with E-state index in [1.54, 1.807) is 6.07 Å². The summed E-state index contributed by atoms with van der Waals surface area (Å²) < 4.78 is 0. The van der Waals surface area contributed by atoms with Crippen molar-refractivity contribution < 1.29 is 9.59 Å². The zero-order valence-electron chi connectivity index (χ0n) is 10.6. The number of pyridine rings is 1. The first-order valence-electron chi connectivity index (χ1n) is 5.82. The Hall–Kier alpha value is -2.11. The molecule has 0 radical (unpaired) electrons. The lowest BCUT2D eigenvalue weighted by molar-refractivity contribution is -0.118. The summed E-state index contributed by atoms with van der Waals surface area (Å²) in [6.45, 7) is 4.16. The molecule has 0 fully saturated rings. The molecule has 6 nitrogen and oxygen atoms in total. The maximum absolute atomic E-state index is 11.8. The van der Waals surface area contributed by atoms with Crippen LogP contribution in [0.4, 0.5) is 5.82 Å². The van der Waals surface area contributed by atoms with E-state index >= 15 is 0 Å². The summed E-state index contributed by atoms with van der Waals surface area (Å²) in [5, 5.41) is 5.29. The van der Waals surface area contributed by atoms with Gasteiger partial charge in [-0.25, -0.2) is 4.98 Å². The molecular weight excluding hydrogens is 232 g/mol. The molecule has 1 rings (SSSR count). The molecule has 18 heavy (non-hydrogen) atoms. The van der Waals surface area contributed by atoms with Crippen molar-refractivity contribution in [3.05, 3.63) is 23.4 Å². The molecule has 1 heterocycles. The number of anilines is 1. The van der Waals surface area contributed by atoms with Gasteiger partial charge >= 0.3 is 0 Å². The van der Waals surface area contributed by atoms with Crippen LogP contribution in [0.25, 0.3) is 0 Å². The monoisotopic (exact) mass is 250 g/mol. The molecule has 0 spiro atoms. The number of nitrogens with one attached hydrogen (secondary N) is 2. The van der Waals surface area contributed by atoms with E-state index in [4.69, 9.17) is 5.73 Å². The quantitative estimate of drug-likeness (QED) is 0.645. The average Bonchev–Trinajstić information content (AvgIpc) is 2.33. The molecule has 0 aliphatic carbocycles. The molecule has 1 aromatic heterocycles. The SMILES string of the molecule is CCc1cc(C(=O)NCCNC(C)=O)cc(N)n1. The van der Waals surface area contributed by atoms with Crippen LogP contribution in [0.1, 0.15) is 29.9 Å². The first-order valence-corrected chi connectivity index (χ1v) is 5.82. The van der Waals surface area contributed by atoms with Crippen molar-refractivity contribution in [2.24, 2.45) is 0 Å². The summed E-state index contributed by atoms with van der Waals surface area (Å²) in [6.07, 6.45) is 0.719. The lowest BCUT2D eigenvalue weighted by atomic mass is 10.2. The Labute approximate surface area is 106 Å². The predicted octanol–water partition coefficient (Wildman–Crippen LogP) is 0.0921. The standard InChI is InChI=1S/C12H18N4O2/c1-3-10-6-9(7-11(13)16-10)12(18)15-5-4-14-8(2)17/h6-7H,3-5H2,1-2H3,(H2,13,16)(H,14,17)(H,15,18). The van der Waals surface area contributed by atoms with Gasteiger partial charge in [0, 0.05) is 31.3 Å². The van der Waals surface area contributed by atoms with Gasteiger partial charge in [0.25, 0.3) is 5.91 Å². The van der Waals surface area contributed by atoms with Crippen molar-refractivity contribution in [1.29, 1.82) is 0 Å². The van der Waals surface area contributed by atoms with Crippen molar-refractivity contribution in [2.45, 2.75) is 20.3 Å². The fourth-order valence-electron chi connectivity index (χ4n) is 1.44. The van der Waals surface area contributed by atoms with Gasteiger partial charge in [0.05, 0.1) is 0 Å². The van der Waals surface area contributed by atoms with Crippen LogP contribution in [-0.4, -0.2) is 29.9 Å². The molecule has 1 aromatic rings. The van der Waals surface area contributed by atoms with E-state index in [0.717, 1.165) is 12.1 Å². The third kappa shape index (κ3) is 4.40. The molecular formula is C12H18N4O2. The van der Waals surface area contributed by atoms with E-state index in [-0.39, 0.29) is 11.8 Å².